The average molecular weight is 418 g/mol. The maximum absolute atomic E-state index is 12.9. The summed E-state index contributed by atoms with van der Waals surface area (Å²) >= 11 is 0. The molecule has 1 aromatic rings. The number of piperidine rings is 1. The first-order valence-electron chi connectivity index (χ1n) is 9.33. The third-order valence-corrected chi connectivity index (χ3v) is 5.31. The van der Waals surface area contributed by atoms with Crippen molar-refractivity contribution in [3.8, 4) is 5.75 Å². The summed E-state index contributed by atoms with van der Waals surface area (Å²) in [6, 6.07) is 5.33. The second-order valence-corrected chi connectivity index (χ2v) is 7.12. The molecule has 2 heterocycles. The Bertz CT molecular complexity index is 692. The minimum absolute atomic E-state index is 0. The van der Waals surface area contributed by atoms with Crippen molar-refractivity contribution >= 4 is 24.2 Å². The third kappa shape index (κ3) is 5.11. The van der Waals surface area contributed by atoms with Crippen molar-refractivity contribution in [2.24, 2.45) is 5.92 Å². The predicted molar refractivity (Wildman–Crippen MR) is 103 cm³/mol. The fraction of sp³-hybridized carbons (Fsp3) is 0.579. The van der Waals surface area contributed by atoms with Gasteiger partial charge in [0, 0.05) is 19.1 Å². The molecule has 0 spiro atoms. The lowest BCUT2D eigenvalue weighted by Gasteiger charge is -2.32. The van der Waals surface area contributed by atoms with Crippen molar-refractivity contribution in [3.05, 3.63) is 29.8 Å². The maximum atomic E-state index is 12.9. The van der Waals surface area contributed by atoms with E-state index in [1.54, 1.807) is 6.07 Å². The van der Waals surface area contributed by atoms with Crippen LogP contribution in [0.4, 0.5) is 8.78 Å². The number of rotatable bonds is 5. The number of nitrogens with one attached hydrogen (secondary N) is 2. The molecule has 3 atom stereocenters. The molecule has 0 bridgehead atoms. The number of benzene rings is 1. The molecular weight excluding hydrogens is 392 g/mol. The molecule has 6 nitrogen and oxygen atoms in total. The van der Waals surface area contributed by atoms with Gasteiger partial charge in [0.25, 0.3) is 5.91 Å². The van der Waals surface area contributed by atoms with Crippen molar-refractivity contribution < 1.29 is 23.1 Å². The summed E-state index contributed by atoms with van der Waals surface area (Å²) in [5.41, 5.74) is 0.0465. The van der Waals surface area contributed by atoms with Crippen LogP contribution in [0, 0.1) is 5.92 Å². The monoisotopic (exact) mass is 417 g/mol. The topological polar surface area (TPSA) is 70.7 Å². The van der Waals surface area contributed by atoms with E-state index < -0.39 is 18.6 Å². The van der Waals surface area contributed by atoms with E-state index >= 15 is 0 Å². The molecule has 3 unspecified atom stereocenters. The van der Waals surface area contributed by atoms with Gasteiger partial charge < -0.3 is 20.3 Å². The Kier molecular flexibility index (Phi) is 8.00. The van der Waals surface area contributed by atoms with Crippen molar-refractivity contribution in [3.63, 3.8) is 0 Å². The zero-order chi connectivity index (χ0) is 19.4. The van der Waals surface area contributed by atoms with Gasteiger partial charge in [-0.15, -0.1) is 12.4 Å². The molecule has 2 N–H and O–H groups in total. The molecule has 1 aromatic carbocycles. The number of alkyl halides is 2. The summed E-state index contributed by atoms with van der Waals surface area (Å²) < 4.78 is 29.7. The van der Waals surface area contributed by atoms with E-state index in [-0.39, 0.29) is 35.7 Å². The Morgan fingerprint density at radius 3 is 2.75 bits per heavy atom. The summed E-state index contributed by atoms with van der Waals surface area (Å²) in [4.78, 5) is 27.2. The van der Waals surface area contributed by atoms with Crippen molar-refractivity contribution in [1.82, 2.24) is 15.5 Å². The number of nitrogens with zero attached hydrogens (tertiary/aromatic N) is 1. The SMILES string of the molecule is CC1CCNCC1NC(=O)C1CCCN1C(=O)c1ccccc1OC(F)F.Cl. The Balaban J connectivity index is 0.00000280. The molecule has 2 saturated heterocycles. The minimum atomic E-state index is -3.02. The average Bonchev–Trinajstić information content (AvgIpc) is 3.13. The maximum Gasteiger partial charge on any atom is 0.387 e. The highest BCUT2D eigenvalue weighted by molar-refractivity contribution is 6.00. The quantitative estimate of drug-likeness (QED) is 0.772. The summed E-state index contributed by atoms with van der Waals surface area (Å²) in [7, 11) is 0. The third-order valence-electron chi connectivity index (χ3n) is 5.31. The molecule has 156 valence electrons. The molecule has 9 heteroatoms. The molecule has 0 radical (unpaired) electrons. The van der Waals surface area contributed by atoms with Crippen LogP contribution in [0.5, 0.6) is 5.75 Å². The molecule has 2 aliphatic rings. The van der Waals surface area contributed by atoms with E-state index in [1.807, 2.05) is 0 Å². The van der Waals surface area contributed by atoms with Gasteiger partial charge in [0.2, 0.25) is 5.91 Å². The first kappa shape index (κ1) is 22.4. The molecule has 0 saturated carbocycles. The molecule has 3 rings (SSSR count). The van der Waals surface area contributed by atoms with Gasteiger partial charge in [-0.25, -0.2) is 0 Å². The molecule has 2 aliphatic heterocycles. The van der Waals surface area contributed by atoms with Gasteiger partial charge in [0.1, 0.15) is 11.8 Å². The van der Waals surface area contributed by atoms with Crippen LogP contribution in [0.1, 0.15) is 36.5 Å². The van der Waals surface area contributed by atoms with Crippen molar-refractivity contribution in [2.75, 3.05) is 19.6 Å². The standard InChI is InChI=1S/C19H25F2N3O3.ClH/c1-12-8-9-22-11-14(12)23-17(25)15-6-4-10-24(15)18(26)13-5-2-3-7-16(13)27-19(20)21;/h2-3,5,7,12,14-15,19,22H,4,6,8-11H2,1H3,(H,23,25);1H. The van der Waals surface area contributed by atoms with E-state index in [9.17, 15) is 18.4 Å². The van der Waals surface area contributed by atoms with Gasteiger partial charge in [-0.2, -0.15) is 8.78 Å². The zero-order valence-electron chi connectivity index (χ0n) is 15.7. The second kappa shape index (κ2) is 10.0. The van der Waals surface area contributed by atoms with E-state index in [0.29, 0.717) is 31.8 Å². The number of hydrogen-bond acceptors (Lipinski definition) is 4. The van der Waals surface area contributed by atoms with Gasteiger partial charge in [-0.1, -0.05) is 19.1 Å². The number of likely N-dealkylation sites (tertiary alicyclic amines) is 1. The Morgan fingerprint density at radius 1 is 1.29 bits per heavy atom. The van der Waals surface area contributed by atoms with Crippen LogP contribution in [-0.4, -0.2) is 55.0 Å². The summed E-state index contributed by atoms with van der Waals surface area (Å²) in [6.07, 6.45) is 2.24. The fourth-order valence-corrected chi connectivity index (χ4v) is 3.74. The van der Waals surface area contributed by atoms with Gasteiger partial charge in [0.15, 0.2) is 0 Å². The number of para-hydroxylation sites is 1. The molecule has 2 amide bonds. The van der Waals surface area contributed by atoms with Crippen LogP contribution >= 0.6 is 12.4 Å². The van der Waals surface area contributed by atoms with Gasteiger partial charge in [-0.3, -0.25) is 9.59 Å². The lowest BCUT2D eigenvalue weighted by molar-refractivity contribution is -0.126. The number of ether oxygens (including phenoxy) is 1. The number of carbonyl (C=O) groups is 2. The van der Waals surface area contributed by atoms with Crippen LogP contribution in [-0.2, 0) is 4.79 Å². The summed E-state index contributed by atoms with van der Waals surface area (Å²) in [5, 5.41) is 6.31. The molecule has 0 aliphatic carbocycles. The molecular formula is C19H26ClF2N3O3. The highest BCUT2D eigenvalue weighted by atomic mass is 35.5. The summed E-state index contributed by atoms with van der Waals surface area (Å²) in [6.45, 7) is 1.14. The van der Waals surface area contributed by atoms with Crippen LogP contribution in [0.25, 0.3) is 0 Å². The Hall–Kier alpha value is -1.93. The first-order chi connectivity index (χ1) is 13.0. The van der Waals surface area contributed by atoms with Gasteiger partial charge in [-0.05, 0) is 43.9 Å². The fourth-order valence-electron chi connectivity index (χ4n) is 3.74. The van der Waals surface area contributed by atoms with Gasteiger partial charge >= 0.3 is 6.61 Å². The predicted octanol–water partition coefficient (Wildman–Crippen LogP) is 2.43. The number of hydrogen-bond donors (Lipinski definition) is 2. The van der Waals surface area contributed by atoms with E-state index in [1.165, 1.54) is 23.1 Å². The normalized spacial score (nSPS) is 24.6. The van der Waals surface area contributed by atoms with Crippen molar-refractivity contribution in [2.45, 2.75) is 44.9 Å². The van der Waals surface area contributed by atoms with Crippen LogP contribution in [0.15, 0.2) is 24.3 Å². The molecule has 28 heavy (non-hydrogen) atoms. The van der Waals surface area contributed by atoms with Crippen LogP contribution in [0.3, 0.4) is 0 Å². The lowest BCUT2D eigenvalue weighted by atomic mass is 9.94. The highest BCUT2D eigenvalue weighted by Crippen LogP contribution is 2.26. The van der Waals surface area contributed by atoms with Crippen molar-refractivity contribution in [1.29, 1.82) is 0 Å². The van der Waals surface area contributed by atoms with Gasteiger partial charge in [0.05, 0.1) is 5.56 Å². The first-order valence-corrected chi connectivity index (χ1v) is 9.33. The number of amides is 2. The zero-order valence-corrected chi connectivity index (χ0v) is 16.5. The van der Waals surface area contributed by atoms with E-state index in [2.05, 4.69) is 22.3 Å². The van der Waals surface area contributed by atoms with E-state index in [0.717, 1.165) is 13.0 Å². The van der Waals surface area contributed by atoms with Crippen LogP contribution in [0.2, 0.25) is 0 Å². The summed E-state index contributed by atoms with van der Waals surface area (Å²) in [5.74, 6) is -0.457. The Labute approximate surface area is 169 Å². The second-order valence-electron chi connectivity index (χ2n) is 7.12. The number of carbonyl (C=O) groups excluding carboxylic acids is 2. The number of halogens is 3. The Morgan fingerprint density at radius 2 is 2.04 bits per heavy atom. The lowest BCUT2D eigenvalue weighted by Crippen LogP contribution is -2.55. The molecule has 0 aromatic heterocycles. The minimum Gasteiger partial charge on any atom is -0.434 e. The molecule has 2 fully saturated rings. The van der Waals surface area contributed by atoms with E-state index in [4.69, 9.17) is 0 Å². The van der Waals surface area contributed by atoms with Crippen LogP contribution < -0.4 is 15.4 Å². The largest absolute Gasteiger partial charge is 0.434 e. The smallest absolute Gasteiger partial charge is 0.387 e. The highest BCUT2D eigenvalue weighted by Gasteiger charge is 2.37.